The predicted octanol–water partition coefficient (Wildman–Crippen LogP) is 5.30. The minimum Gasteiger partial charge on any atom is -0.396 e. The van der Waals surface area contributed by atoms with Gasteiger partial charge in [0.25, 0.3) is 5.69 Å². The standard InChI is InChI=1S/C25H32N2O4/c28-19-3-1-2-4-20-31-25-15-17-26(18-16-25)23-11-7-21(8-12-23)5-6-22-9-13-24(14-10-22)27(29)30/h5-14,25,28H,1-4,15-20H2/b6-5+. The minimum atomic E-state index is -0.387. The van der Waals surface area contributed by atoms with Gasteiger partial charge in [-0.2, -0.15) is 0 Å². The summed E-state index contributed by atoms with van der Waals surface area (Å²) in [6.45, 7) is 3.13. The summed E-state index contributed by atoms with van der Waals surface area (Å²) in [6, 6.07) is 15.1. The lowest BCUT2D eigenvalue weighted by Crippen LogP contribution is -2.37. The van der Waals surface area contributed by atoms with Gasteiger partial charge in [0.05, 0.1) is 11.0 Å². The van der Waals surface area contributed by atoms with E-state index in [-0.39, 0.29) is 17.2 Å². The van der Waals surface area contributed by atoms with Crippen LogP contribution in [-0.2, 0) is 4.74 Å². The third-order valence-corrected chi connectivity index (χ3v) is 5.68. The molecule has 0 amide bonds. The van der Waals surface area contributed by atoms with Crippen LogP contribution in [0.15, 0.2) is 48.5 Å². The van der Waals surface area contributed by atoms with Crippen LogP contribution in [0.1, 0.15) is 49.7 Å². The van der Waals surface area contributed by atoms with Gasteiger partial charge in [-0.3, -0.25) is 10.1 Å². The number of non-ortho nitro benzene ring substituents is 1. The Balaban J connectivity index is 1.42. The van der Waals surface area contributed by atoms with E-state index < -0.39 is 0 Å². The van der Waals surface area contributed by atoms with Gasteiger partial charge in [-0.05, 0) is 61.1 Å². The molecule has 1 heterocycles. The second kappa shape index (κ2) is 12.2. The number of hydrogen-bond donors (Lipinski definition) is 1. The molecular weight excluding hydrogens is 392 g/mol. The summed E-state index contributed by atoms with van der Waals surface area (Å²) in [7, 11) is 0. The summed E-state index contributed by atoms with van der Waals surface area (Å²) in [4.78, 5) is 12.8. The van der Waals surface area contributed by atoms with E-state index in [1.165, 1.54) is 17.8 Å². The molecule has 6 nitrogen and oxygen atoms in total. The number of unbranched alkanes of at least 4 members (excludes halogenated alkanes) is 3. The van der Waals surface area contributed by atoms with Crippen molar-refractivity contribution < 1.29 is 14.8 Å². The van der Waals surface area contributed by atoms with Crippen LogP contribution in [0.3, 0.4) is 0 Å². The van der Waals surface area contributed by atoms with E-state index >= 15 is 0 Å². The fourth-order valence-electron chi connectivity index (χ4n) is 3.79. The SMILES string of the molecule is O=[N+]([O-])c1ccc(/C=C/c2ccc(N3CCC(OCCCCCCO)CC3)cc2)cc1. The van der Waals surface area contributed by atoms with Crippen molar-refractivity contribution in [1.82, 2.24) is 0 Å². The van der Waals surface area contributed by atoms with Crippen LogP contribution in [0.25, 0.3) is 12.2 Å². The zero-order chi connectivity index (χ0) is 21.9. The third-order valence-electron chi connectivity index (χ3n) is 5.68. The highest BCUT2D eigenvalue weighted by molar-refractivity contribution is 5.71. The first-order chi connectivity index (χ1) is 15.2. The number of aliphatic hydroxyl groups is 1. The number of nitro benzene ring substituents is 1. The van der Waals surface area contributed by atoms with Crippen molar-refractivity contribution in [2.75, 3.05) is 31.2 Å². The first-order valence-corrected chi connectivity index (χ1v) is 11.2. The summed E-state index contributed by atoms with van der Waals surface area (Å²) in [5.41, 5.74) is 3.37. The van der Waals surface area contributed by atoms with Gasteiger partial charge in [-0.25, -0.2) is 0 Å². The smallest absolute Gasteiger partial charge is 0.269 e. The average molecular weight is 425 g/mol. The largest absolute Gasteiger partial charge is 0.396 e. The van der Waals surface area contributed by atoms with Crippen molar-refractivity contribution in [3.8, 4) is 0 Å². The Morgan fingerprint density at radius 2 is 1.52 bits per heavy atom. The maximum Gasteiger partial charge on any atom is 0.269 e. The van der Waals surface area contributed by atoms with Crippen LogP contribution in [0.2, 0.25) is 0 Å². The van der Waals surface area contributed by atoms with Crippen molar-refractivity contribution in [3.63, 3.8) is 0 Å². The zero-order valence-electron chi connectivity index (χ0n) is 18.0. The first kappa shape index (κ1) is 23.0. The van der Waals surface area contributed by atoms with E-state index in [0.29, 0.717) is 6.10 Å². The number of hydrogen-bond acceptors (Lipinski definition) is 5. The molecule has 2 aromatic rings. The number of aliphatic hydroxyl groups excluding tert-OH is 1. The summed E-state index contributed by atoms with van der Waals surface area (Å²) < 4.78 is 6.03. The summed E-state index contributed by atoms with van der Waals surface area (Å²) in [5.74, 6) is 0. The van der Waals surface area contributed by atoms with Gasteiger partial charge in [0.2, 0.25) is 0 Å². The van der Waals surface area contributed by atoms with E-state index in [4.69, 9.17) is 9.84 Å². The van der Waals surface area contributed by atoms with Crippen LogP contribution in [-0.4, -0.2) is 42.4 Å². The van der Waals surface area contributed by atoms with Crippen molar-refractivity contribution in [1.29, 1.82) is 0 Å². The monoisotopic (exact) mass is 424 g/mol. The molecule has 166 valence electrons. The molecule has 1 fully saturated rings. The molecular formula is C25H32N2O4. The summed E-state index contributed by atoms with van der Waals surface area (Å²) in [5, 5.41) is 19.5. The second-order valence-corrected chi connectivity index (χ2v) is 7.97. The quantitative estimate of drug-likeness (QED) is 0.229. The Morgan fingerprint density at radius 1 is 0.935 bits per heavy atom. The normalized spacial score (nSPS) is 14.9. The first-order valence-electron chi connectivity index (χ1n) is 11.2. The number of benzene rings is 2. The van der Waals surface area contributed by atoms with Gasteiger partial charge >= 0.3 is 0 Å². The molecule has 31 heavy (non-hydrogen) atoms. The number of ether oxygens (including phenoxy) is 1. The van der Waals surface area contributed by atoms with Crippen molar-refractivity contribution >= 4 is 23.5 Å². The van der Waals surface area contributed by atoms with E-state index in [1.807, 2.05) is 12.2 Å². The molecule has 6 heteroatoms. The molecule has 2 aromatic carbocycles. The van der Waals surface area contributed by atoms with Gasteiger partial charge < -0.3 is 14.7 Å². The van der Waals surface area contributed by atoms with Crippen LogP contribution in [0.5, 0.6) is 0 Å². The highest BCUT2D eigenvalue weighted by Gasteiger charge is 2.19. The molecule has 3 rings (SSSR count). The van der Waals surface area contributed by atoms with E-state index in [0.717, 1.165) is 69.3 Å². The lowest BCUT2D eigenvalue weighted by molar-refractivity contribution is -0.384. The molecule has 1 saturated heterocycles. The Morgan fingerprint density at radius 3 is 2.10 bits per heavy atom. The Kier molecular flexibility index (Phi) is 9.06. The second-order valence-electron chi connectivity index (χ2n) is 7.97. The molecule has 0 aliphatic carbocycles. The van der Waals surface area contributed by atoms with Gasteiger partial charge in [0, 0.05) is 44.1 Å². The molecule has 0 spiro atoms. The Hall–Kier alpha value is -2.70. The maximum absolute atomic E-state index is 10.7. The van der Waals surface area contributed by atoms with Crippen LogP contribution in [0.4, 0.5) is 11.4 Å². The molecule has 0 bridgehead atoms. The molecule has 1 N–H and O–H groups in total. The number of nitro groups is 1. The van der Waals surface area contributed by atoms with E-state index in [9.17, 15) is 10.1 Å². The van der Waals surface area contributed by atoms with Gasteiger partial charge in [0.1, 0.15) is 0 Å². The predicted molar refractivity (Wildman–Crippen MR) is 125 cm³/mol. The topological polar surface area (TPSA) is 75.8 Å². The Bertz CT molecular complexity index is 826. The third kappa shape index (κ3) is 7.49. The van der Waals surface area contributed by atoms with Gasteiger partial charge in [0.15, 0.2) is 0 Å². The molecule has 0 saturated carbocycles. The van der Waals surface area contributed by atoms with Gasteiger partial charge in [-0.1, -0.05) is 37.1 Å². The summed E-state index contributed by atoms with van der Waals surface area (Å²) >= 11 is 0. The lowest BCUT2D eigenvalue weighted by Gasteiger charge is -2.33. The average Bonchev–Trinajstić information content (AvgIpc) is 2.81. The van der Waals surface area contributed by atoms with Crippen LogP contribution < -0.4 is 4.90 Å². The summed E-state index contributed by atoms with van der Waals surface area (Å²) in [6.07, 6.45) is 10.6. The van der Waals surface area contributed by atoms with Crippen molar-refractivity contribution in [2.45, 2.75) is 44.6 Å². The van der Waals surface area contributed by atoms with Crippen LogP contribution in [0, 0.1) is 10.1 Å². The fraction of sp³-hybridized carbons (Fsp3) is 0.440. The molecule has 0 radical (unpaired) electrons. The molecule has 1 aliphatic rings. The highest BCUT2D eigenvalue weighted by atomic mass is 16.6. The van der Waals surface area contributed by atoms with Crippen LogP contribution >= 0.6 is 0 Å². The van der Waals surface area contributed by atoms with Crippen molar-refractivity contribution in [3.05, 3.63) is 69.8 Å². The highest BCUT2D eigenvalue weighted by Crippen LogP contribution is 2.23. The minimum absolute atomic E-state index is 0.105. The molecule has 0 aromatic heterocycles. The maximum atomic E-state index is 10.7. The lowest BCUT2D eigenvalue weighted by atomic mass is 10.1. The Labute approximate surface area is 184 Å². The zero-order valence-corrected chi connectivity index (χ0v) is 18.0. The number of anilines is 1. The van der Waals surface area contributed by atoms with Crippen molar-refractivity contribution in [2.24, 2.45) is 0 Å². The fourth-order valence-corrected chi connectivity index (χ4v) is 3.79. The number of rotatable bonds is 11. The molecule has 1 aliphatic heterocycles. The number of nitrogens with zero attached hydrogens (tertiary/aromatic N) is 2. The van der Waals surface area contributed by atoms with Gasteiger partial charge in [-0.15, -0.1) is 0 Å². The number of piperidine rings is 1. The molecule has 0 unspecified atom stereocenters. The van der Waals surface area contributed by atoms with E-state index in [1.54, 1.807) is 12.1 Å². The van der Waals surface area contributed by atoms with E-state index in [2.05, 4.69) is 29.2 Å². The molecule has 0 atom stereocenters.